The zero-order valence-electron chi connectivity index (χ0n) is 16.7. The predicted molar refractivity (Wildman–Crippen MR) is 107 cm³/mol. The van der Waals surface area contributed by atoms with Crippen molar-refractivity contribution in [2.45, 2.75) is 38.8 Å². The van der Waals surface area contributed by atoms with Gasteiger partial charge in [-0.1, -0.05) is 42.1 Å². The lowest BCUT2D eigenvalue weighted by molar-refractivity contribution is -0.128. The van der Waals surface area contributed by atoms with Gasteiger partial charge in [0.15, 0.2) is 5.69 Å². The molecule has 1 fully saturated rings. The van der Waals surface area contributed by atoms with E-state index >= 15 is 0 Å². The van der Waals surface area contributed by atoms with Crippen molar-refractivity contribution in [2.75, 3.05) is 19.6 Å². The molecule has 1 atom stereocenters. The highest BCUT2D eigenvalue weighted by atomic mass is 16.2. The molecule has 28 heavy (non-hydrogen) atoms. The SMILES string of the molecule is C=CC(=O)N1CCN(C(=O)c2cn(C(C)(C)C)nn2)C(Cc2ccccc2)C1. The van der Waals surface area contributed by atoms with E-state index < -0.39 is 0 Å². The number of carbonyl (C=O) groups excluding carboxylic acids is 2. The van der Waals surface area contributed by atoms with Gasteiger partial charge in [-0.25, -0.2) is 4.68 Å². The monoisotopic (exact) mass is 381 g/mol. The molecule has 0 bridgehead atoms. The maximum atomic E-state index is 13.2. The quantitative estimate of drug-likeness (QED) is 0.761. The second-order valence-corrected chi connectivity index (χ2v) is 8.05. The minimum Gasteiger partial charge on any atom is -0.335 e. The summed E-state index contributed by atoms with van der Waals surface area (Å²) in [6.45, 7) is 11.0. The first kappa shape index (κ1) is 19.8. The summed E-state index contributed by atoms with van der Waals surface area (Å²) in [6.07, 6.45) is 3.69. The van der Waals surface area contributed by atoms with Crippen LogP contribution in [0.3, 0.4) is 0 Å². The Labute approximate surface area is 165 Å². The number of aromatic nitrogens is 3. The standard InChI is InChI=1S/C21H27N5O2/c1-5-19(27)24-11-12-25(17(14-24)13-16-9-7-6-8-10-16)20(28)18-15-26(23-22-18)21(2,3)4/h5-10,15,17H,1,11-14H2,2-4H3. The van der Waals surface area contributed by atoms with Gasteiger partial charge in [0.2, 0.25) is 5.91 Å². The van der Waals surface area contributed by atoms with E-state index in [0.29, 0.717) is 31.7 Å². The van der Waals surface area contributed by atoms with E-state index in [1.807, 2.05) is 56.0 Å². The van der Waals surface area contributed by atoms with Crippen molar-refractivity contribution in [3.8, 4) is 0 Å². The summed E-state index contributed by atoms with van der Waals surface area (Å²) in [4.78, 5) is 28.8. The molecular weight excluding hydrogens is 354 g/mol. The second-order valence-electron chi connectivity index (χ2n) is 8.05. The lowest BCUT2D eigenvalue weighted by Crippen LogP contribution is -2.57. The number of hydrogen-bond donors (Lipinski definition) is 0. The van der Waals surface area contributed by atoms with Crippen molar-refractivity contribution in [1.82, 2.24) is 24.8 Å². The van der Waals surface area contributed by atoms with Gasteiger partial charge in [0.1, 0.15) is 0 Å². The number of benzene rings is 1. The first-order valence-corrected chi connectivity index (χ1v) is 9.48. The molecule has 1 saturated heterocycles. The van der Waals surface area contributed by atoms with Gasteiger partial charge < -0.3 is 9.80 Å². The van der Waals surface area contributed by atoms with E-state index in [1.54, 1.807) is 15.8 Å². The third kappa shape index (κ3) is 4.30. The predicted octanol–water partition coefficient (Wildman–Crippen LogP) is 2.11. The van der Waals surface area contributed by atoms with Crippen molar-refractivity contribution in [1.29, 1.82) is 0 Å². The van der Waals surface area contributed by atoms with Crippen molar-refractivity contribution >= 4 is 11.8 Å². The van der Waals surface area contributed by atoms with Crippen LogP contribution in [0.2, 0.25) is 0 Å². The number of hydrogen-bond acceptors (Lipinski definition) is 4. The molecule has 2 aromatic rings. The summed E-state index contributed by atoms with van der Waals surface area (Å²) in [6, 6.07) is 9.86. The maximum Gasteiger partial charge on any atom is 0.276 e. The molecule has 1 aromatic heterocycles. The fourth-order valence-corrected chi connectivity index (χ4v) is 3.35. The van der Waals surface area contributed by atoms with Gasteiger partial charge in [0, 0.05) is 19.6 Å². The second kappa shape index (κ2) is 7.96. The summed E-state index contributed by atoms with van der Waals surface area (Å²) in [5.74, 6) is -0.258. The minimum absolute atomic E-state index is 0.108. The average Bonchev–Trinajstić information content (AvgIpc) is 3.18. The highest BCUT2D eigenvalue weighted by Gasteiger charge is 2.34. The van der Waals surface area contributed by atoms with Crippen LogP contribution in [-0.4, -0.2) is 62.3 Å². The van der Waals surface area contributed by atoms with Crippen LogP contribution in [0.1, 0.15) is 36.8 Å². The van der Waals surface area contributed by atoms with Gasteiger partial charge in [0.25, 0.3) is 5.91 Å². The zero-order chi connectivity index (χ0) is 20.3. The smallest absolute Gasteiger partial charge is 0.276 e. The summed E-state index contributed by atoms with van der Waals surface area (Å²) in [5, 5.41) is 8.20. The van der Waals surface area contributed by atoms with Crippen molar-refractivity contribution in [3.05, 3.63) is 60.4 Å². The van der Waals surface area contributed by atoms with Crippen molar-refractivity contribution in [2.24, 2.45) is 0 Å². The van der Waals surface area contributed by atoms with Crippen LogP contribution in [-0.2, 0) is 16.8 Å². The van der Waals surface area contributed by atoms with Gasteiger partial charge in [0.05, 0.1) is 17.8 Å². The third-order valence-corrected chi connectivity index (χ3v) is 4.94. The molecule has 0 radical (unpaired) electrons. The molecule has 3 rings (SSSR count). The summed E-state index contributed by atoms with van der Waals surface area (Å²) in [7, 11) is 0. The molecule has 0 aliphatic carbocycles. The van der Waals surface area contributed by atoms with Crippen molar-refractivity contribution in [3.63, 3.8) is 0 Å². The van der Waals surface area contributed by atoms with E-state index in [9.17, 15) is 9.59 Å². The first-order valence-electron chi connectivity index (χ1n) is 9.48. The van der Waals surface area contributed by atoms with Crippen LogP contribution in [0.15, 0.2) is 49.2 Å². The average molecular weight is 381 g/mol. The van der Waals surface area contributed by atoms with Crippen LogP contribution < -0.4 is 0 Å². The lowest BCUT2D eigenvalue weighted by atomic mass is 10.0. The molecule has 7 nitrogen and oxygen atoms in total. The topological polar surface area (TPSA) is 71.3 Å². The molecule has 2 amide bonds. The molecule has 2 heterocycles. The van der Waals surface area contributed by atoms with Crippen molar-refractivity contribution < 1.29 is 9.59 Å². The molecule has 1 aromatic carbocycles. The zero-order valence-corrected chi connectivity index (χ0v) is 16.7. The Kier molecular flexibility index (Phi) is 5.63. The number of rotatable bonds is 4. The minimum atomic E-state index is -0.246. The molecule has 1 aliphatic rings. The van der Waals surface area contributed by atoms with Crippen LogP contribution in [0.4, 0.5) is 0 Å². The van der Waals surface area contributed by atoms with Crippen LogP contribution >= 0.6 is 0 Å². The fraction of sp³-hybridized carbons (Fsp3) is 0.429. The van der Waals surface area contributed by atoms with Gasteiger partial charge in [-0.3, -0.25) is 9.59 Å². The summed E-state index contributed by atoms with van der Waals surface area (Å²) >= 11 is 0. The lowest BCUT2D eigenvalue weighted by Gasteiger charge is -2.41. The van der Waals surface area contributed by atoms with E-state index in [2.05, 4.69) is 16.9 Å². The molecule has 1 unspecified atom stereocenters. The normalized spacial score (nSPS) is 17.5. The molecule has 7 heteroatoms. The van der Waals surface area contributed by atoms with Gasteiger partial charge in [-0.05, 0) is 38.8 Å². The number of piperazine rings is 1. The number of nitrogens with zero attached hydrogens (tertiary/aromatic N) is 5. The largest absolute Gasteiger partial charge is 0.335 e. The summed E-state index contributed by atoms with van der Waals surface area (Å²) < 4.78 is 1.70. The molecule has 148 valence electrons. The molecule has 0 spiro atoms. The first-order chi connectivity index (χ1) is 13.3. The molecule has 1 aliphatic heterocycles. The van der Waals surface area contributed by atoms with Crippen LogP contribution in [0.25, 0.3) is 0 Å². The summed E-state index contributed by atoms with van der Waals surface area (Å²) in [5.41, 5.74) is 1.21. The van der Waals surface area contributed by atoms with Crippen LogP contribution in [0.5, 0.6) is 0 Å². The van der Waals surface area contributed by atoms with E-state index in [4.69, 9.17) is 0 Å². The Hall–Kier alpha value is -2.96. The molecule has 0 N–H and O–H groups in total. The number of amides is 2. The fourth-order valence-electron chi connectivity index (χ4n) is 3.35. The highest BCUT2D eigenvalue weighted by Crippen LogP contribution is 2.19. The number of carbonyl (C=O) groups is 2. The van der Waals surface area contributed by atoms with E-state index in [1.165, 1.54) is 6.08 Å². The van der Waals surface area contributed by atoms with E-state index in [0.717, 1.165) is 5.56 Å². The Morgan fingerprint density at radius 2 is 1.93 bits per heavy atom. The Morgan fingerprint density at radius 1 is 1.21 bits per heavy atom. The molecular formula is C21H27N5O2. The Balaban J connectivity index is 1.84. The highest BCUT2D eigenvalue weighted by molar-refractivity contribution is 5.93. The molecule has 0 saturated carbocycles. The Bertz CT molecular complexity index is 853. The van der Waals surface area contributed by atoms with Gasteiger partial charge in [-0.15, -0.1) is 5.10 Å². The Morgan fingerprint density at radius 3 is 2.54 bits per heavy atom. The van der Waals surface area contributed by atoms with Gasteiger partial charge in [-0.2, -0.15) is 0 Å². The van der Waals surface area contributed by atoms with Gasteiger partial charge >= 0.3 is 0 Å². The third-order valence-electron chi connectivity index (χ3n) is 4.94. The van der Waals surface area contributed by atoms with E-state index in [-0.39, 0.29) is 23.4 Å². The maximum absolute atomic E-state index is 13.2. The van der Waals surface area contributed by atoms with Crippen LogP contribution in [0, 0.1) is 0 Å².